The third-order valence-electron chi connectivity index (χ3n) is 1.43. The fourth-order valence-electron chi connectivity index (χ4n) is 0.671. The summed E-state index contributed by atoms with van der Waals surface area (Å²) in [5, 5.41) is 0. The van der Waals surface area contributed by atoms with Crippen LogP contribution in [-0.2, 0) is 10.1 Å². The number of hydrogen-bond donors (Lipinski definition) is 3. The van der Waals surface area contributed by atoms with Gasteiger partial charge in [-0.2, -0.15) is 8.42 Å². The fraction of sp³-hybridized carbons (Fsp3) is 0.429. The van der Waals surface area contributed by atoms with Gasteiger partial charge in [0.2, 0.25) is 0 Å². The molecule has 1 unspecified atom stereocenters. The minimum Gasteiger partial charge on any atom is -0.398 e. The Morgan fingerprint density at radius 3 is 2.38 bits per heavy atom. The van der Waals surface area contributed by atoms with Gasteiger partial charge in [0.05, 0.1) is 0 Å². The van der Waals surface area contributed by atoms with Crippen LogP contribution < -0.4 is 11.5 Å². The predicted molar refractivity (Wildman–Crippen MR) is 51.2 cm³/mol. The number of rotatable bonds is 4. The average Bonchev–Trinajstić information content (AvgIpc) is 1.96. The highest BCUT2D eigenvalue weighted by Crippen LogP contribution is 2.11. The van der Waals surface area contributed by atoms with Gasteiger partial charge >= 0.3 is 0 Å². The van der Waals surface area contributed by atoms with E-state index in [1.54, 1.807) is 6.92 Å². The van der Waals surface area contributed by atoms with Crippen LogP contribution in [-0.4, -0.2) is 19.0 Å². The minimum atomic E-state index is -4.31. The van der Waals surface area contributed by atoms with Crippen LogP contribution in [0.3, 0.4) is 0 Å². The zero-order valence-electron chi connectivity index (χ0n) is 7.40. The monoisotopic (exact) mass is 206 g/mol. The van der Waals surface area contributed by atoms with Crippen molar-refractivity contribution in [1.82, 2.24) is 0 Å². The molecule has 0 aromatic heterocycles. The normalized spacial score (nSPS) is 15.5. The summed E-state index contributed by atoms with van der Waals surface area (Å²) in [6.07, 6.45) is 1.73. The van der Waals surface area contributed by atoms with Crippen LogP contribution in [0.5, 0.6) is 0 Å². The maximum atomic E-state index is 10.7. The largest absolute Gasteiger partial charge is 0.398 e. The third kappa shape index (κ3) is 4.07. The van der Waals surface area contributed by atoms with E-state index in [4.69, 9.17) is 16.0 Å². The van der Waals surface area contributed by atoms with Crippen molar-refractivity contribution in [2.24, 2.45) is 11.5 Å². The van der Waals surface area contributed by atoms with Crippen molar-refractivity contribution < 1.29 is 13.0 Å². The molecule has 0 aliphatic rings. The van der Waals surface area contributed by atoms with E-state index in [2.05, 4.69) is 6.58 Å². The fourth-order valence-corrected chi connectivity index (χ4v) is 1.35. The first-order valence-electron chi connectivity index (χ1n) is 3.68. The van der Waals surface area contributed by atoms with Gasteiger partial charge in [-0.05, 0) is 12.5 Å². The lowest BCUT2D eigenvalue weighted by atomic mass is 10.2. The van der Waals surface area contributed by atoms with Crippen molar-refractivity contribution in [3.8, 4) is 0 Å². The van der Waals surface area contributed by atoms with Crippen molar-refractivity contribution in [2.45, 2.75) is 19.4 Å². The summed E-state index contributed by atoms with van der Waals surface area (Å²) in [6.45, 7) is 5.00. The quantitative estimate of drug-likeness (QED) is 0.442. The second-order valence-electron chi connectivity index (χ2n) is 2.60. The van der Waals surface area contributed by atoms with E-state index < -0.39 is 21.1 Å². The molecule has 5 nitrogen and oxygen atoms in total. The first-order valence-corrected chi connectivity index (χ1v) is 5.12. The molecule has 0 aliphatic heterocycles. The highest BCUT2D eigenvalue weighted by atomic mass is 32.2. The standard InChI is InChI=1S/C7H14N2O3S/c1-3-6(9)4-7(5(2)8)13(10,11)12/h4,6H,2-3,8-9H2,1H3,(H,10,11,12)/b7-4+. The lowest BCUT2D eigenvalue weighted by Crippen LogP contribution is -2.19. The molecule has 0 heterocycles. The van der Waals surface area contributed by atoms with E-state index in [-0.39, 0.29) is 5.70 Å². The first kappa shape index (κ1) is 12.2. The molecule has 0 bridgehead atoms. The Morgan fingerprint density at radius 1 is 1.69 bits per heavy atom. The summed E-state index contributed by atoms with van der Waals surface area (Å²) in [5.41, 5.74) is 10.4. The van der Waals surface area contributed by atoms with Crippen LogP contribution in [0.2, 0.25) is 0 Å². The second-order valence-corrected chi connectivity index (χ2v) is 3.99. The van der Waals surface area contributed by atoms with Gasteiger partial charge in [-0.15, -0.1) is 0 Å². The van der Waals surface area contributed by atoms with Gasteiger partial charge in [0, 0.05) is 11.7 Å². The Bertz CT molecular complexity index is 319. The van der Waals surface area contributed by atoms with Crippen LogP contribution >= 0.6 is 0 Å². The Morgan fingerprint density at radius 2 is 2.15 bits per heavy atom. The number of hydrogen-bond acceptors (Lipinski definition) is 4. The van der Waals surface area contributed by atoms with Gasteiger partial charge in [0.1, 0.15) is 4.91 Å². The Hall–Kier alpha value is -0.850. The Labute approximate surface area is 77.9 Å². The molecule has 0 radical (unpaired) electrons. The molecule has 0 saturated heterocycles. The van der Waals surface area contributed by atoms with Crippen molar-refractivity contribution in [3.63, 3.8) is 0 Å². The number of nitrogens with two attached hydrogens (primary N) is 2. The van der Waals surface area contributed by atoms with Crippen molar-refractivity contribution in [1.29, 1.82) is 0 Å². The molecule has 0 spiro atoms. The van der Waals surface area contributed by atoms with E-state index in [1.165, 1.54) is 6.08 Å². The summed E-state index contributed by atoms with van der Waals surface area (Å²) in [4.78, 5) is -0.415. The summed E-state index contributed by atoms with van der Waals surface area (Å²) < 4.78 is 30.1. The molecule has 0 aromatic rings. The van der Waals surface area contributed by atoms with E-state index >= 15 is 0 Å². The lowest BCUT2D eigenvalue weighted by molar-refractivity contribution is 0.491. The van der Waals surface area contributed by atoms with Crippen LogP contribution in [0.1, 0.15) is 13.3 Å². The highest BCUT2D eigenvalue weighted by Gasteiger charge is 2.16. The SMILES string of the molecule is C=C(N)/C(=C\C(N)CC)S(=O)(=O)O. The van der Waals surface area contributed by atoms with Crippen LogP contribution in [0.15, 0.2) is 23.3 Å². The van der Waals surface area contributed by atoms with Gasteiger partial charge < -0.3 is 11.5 Å². The molecule has 0 saturated carbocycles. The van der Waals surface area contributed by atoms with E-state index in [1.807, 2.05) is 0 Å². The zero-order chi connectivity index (χ0) is 10.6. The summed E-state index contributed by atoms with van der Waals surface area (Å²) in [7, 11) is -4.31. The maximum absolute atomic E-state index is 10.7. The smallest absolute Gasteiger partial charge is 0.296 e. The van der Waals surface area contributed by atoms with Gasteiger partial charge in [0.15, 0.2) is 0 Å². The molecular formula is C7H14N2O3S. The Kier molecular flexibility index (Phi) is 4.12. The van der Waals surface area contributed by atoms with E-state index in [9.17, 15) is 8.42 Å². The van der Waals surface area contributed by atoms with Crippen molar-refractivity contribution in [3.05, 3.63) is 23.3 Å². The van der Waals surface area contributed by atoms with E-state index in [0.717, 1.165) is 0 Å². The maximum Gasteiger partial charge on any atom is 0.296 e. The zero-order valence-corrected chi connectivity index (χ0v) is 8.21. The highest BCUT2D eigenvalue weighted by molar-refractivity contribution is 7.90. The van der Waals surface area contributed by atoms with Gasteiger partial charge in [0.25, 0.3) is 10.1 Å². The molecule has 13 heavy (non-hydrogen) atoms. The van der Waals surface area contributed by atoms with E-state index in [0.29, 0.717) is 6.42 Å². The Balaban J connectivity index is 5.06. The van der Waals surface area contributed by atoms with Crippen LogP contribution in [0.4, 0.5) is 0 Å². The molecule has 0 fully saturated rings. The minimum absolute atomic E-state index is 0.216. The topological polar surface area (TPSA) is 106 Å². The average molecular weight is 206 g/mol. The van der Waals surface area contributed by atoms with Crippen molar-refractivity contribution in [2.75, 3.05) is 0 Å². The molecule has 1 atom stereocenters. The van der Waals surface area contributed by atoms with Crippen molar-refractivity contribution >= 4 is 10.1 Å². The molecule has 76 valence electrons. The van der Waals surface area contributed by atoms with Gasteiger partial charge in [-0.1, -0.05) is 13.5 Å². The molecular weight excluding hydrogens is 192 g/mol. The van der Waals surface area contributed by atoms with Gasteiger partial charge in [-0.3, -0.25) is 4.55 Å². The summed E-state index contributed by atoms with van der Waals surface area (Å²) >= 11 is 0. The van der Waals surface area contributed by atoms with Crippen LogP contribution in [0, 0.1) is 0 Å². The lowest BCUT2D eigenvalue weighted by Gasteiger charge is -2.06. The first-order chi connectivity index (χ1) is 5.79. The molecule has 0 rings (SSSR count). The third-order valence-corrected chi connectivity index (χ3v) is 2.39. The molecule has 6 heteroatoms. The summed E-state index contributed by atoms with van der Waals surface area (Å²) in [6, 6.07) is -0.461. The second kappa shape index (κ2) is 4.40. The van der Waals surface area contributed by atoms with Gasteiger partial charge in [-0.25, -0.2) is 0 Å². The summed E-state index contributed by atoms with van der Waals surface area (Å²) in [5.74, 6) is 0. The molecule has 0 amide bonds. The van der Waals surface area contributed by atoms with Crippen LogP contribution in [0.25, 0.3) is 0 Å². The molecule has 5 N–H and O–H groups in total. The predicted octanol–water partition coefficient (Wildman–Crippen LogP) is -0.0322. The molecule has 0 aliphatic carbocycles. The molecule has 0 aromatic carbocycles.